The molecule has 2 aliphatic carbocycles. The smallest absolute Gasteiger partial charge is 0.0181 e. The van der Waals surface area contributed by atoms with E-state index in [9.17, 15) is 0 Å². The van der Waals surface area contributed by atoms with Gasteiger partial charge in [0.15, 0.2) is 0 Å². The van der Waals surface area contributed by atoms with E-state index in [0.717, 1.165) is 8.95 Å². The van der Waals surface area contributed by atoms with E-state index in [1.165, 1.54) is 81.3 Å². The Bertz CT molecular complexity index is 1210. The van der Waals surface area contributed by atoms with Crippen LogP contribution < -0.4 is 0 Å². The number of halogens is 2. The first kappa shape index (κ1) is 18.6. The van der Waals surface area contributed by atoms with Gasteiger partial charge in [0.2, 0.25) is 0 Å². The minimum absolute atomic E-state index is 1.11. The predicted octanol–water partition coefficient (Wildman–Crippen LogP) is 8.41. The maximum absolute atomic E-state index is 3.71. The maximum Gasteiger partial charge on any atom is 0.0181 e. The van der Waals surface area contributed by atoms with Crippen molar-refractivity contribution in [2.24, 2.45) is 0 Å². The minimum Gasteiger partial charge on any atom is -0.0581 e. The van der Waals surface area contributed by atoms with Gasteiger partial charge in [0.1, 0.15) is 0 Å². The van der Waals surface area contributed by atoms with Gasteiger partial charge in [-0.1, -0.05) is 80.4 Å². The molecule has 4 aromatic carbocycles. The third kappa shape index (κ3) is 3.09. The van der Waals surface area contributed by atoms with Crippen molar-refractivity contribution in [3.8, 4) is 33.4 Å². The Morgan fingerprint density at radius 3 is 1.20 bits per heavy atom. The van der Waals surface area contributed by atoms with Gasteiger partial charge in [0, 0.05) is 8.95 Å². The normalized spacial score (nSPS) is 13.8. The number of rotatable bonds is 3. The zero-order valence-corrected chi connectivity index (χ0v) is 19.7. The highest BCUT2D eigenvalue weighted by Gasteiger charge is 2.19. The first-order valence-electron chi connectivity index (χ1n) is 10.5. The highest BCUT2D eigenvalue weighted by Crippen LogP contribution is 2.42. The van der Waals surface area contributed by atoms with Crippen LogP contribution in [0.25, 0.3) is 33.4 Å². The summed E-state index contributed by atoms with van der Waals surface area (Å²) in [5.41, 5.74) is 13.7. The summed E-state index contributed by atoms with van der Waals surface area (Å²) in [6.45, 7) is 0. The lowest BCUT2D eigenvalue weighted by Gasteiger charge is -2.22. The van der Waals surface area contributed by atoms with Crippen molar-refractivity contribution < 1.29 is 0 Å². The van der Waals surface area contributed by atoms with E-state index >= 15 is 0 Å². The molecule has 0 bridgehead atoms. The molecular weight excluding hydrogens is 496 g/mol. The zero-order valence-electron chi connectivity index (χ0n) is 16.5. The summed E-state index contributed by atoms with van der Waals surface area (Å²) in [5, 5.41) is 0. The fourth-order valence-electron chi connectivity index (χ4n) is 4.71. The lowest BCUT2D eigenvalue weighted by molar-refractivity contribution is 0.840. The fourth-order valence-corrected chi connectivity index (χ4v) is 5.43. The average Bonchev–Trinajstić information content (AvgIpc) is 2.70. The molecule has 0 fully saturated rings. The Kier molecular flexibility index (Phi) is 4.47. The molecule has 0 saturated heterocycles. The van der Waals surface area contributed by atoms with Crippen LogP contribution >= 0.6 is 31.9 Å². The van der Waals surface area contributed by atoms with Crippen molar-refractivity contribution in [2.75, 3.05) is 0 Å². The Morgan fingerprint density at radius 2 is 0.833 bits per heavy atom. The second kappa shape index (κ2) is 7.21. The lowest BCUT2D eigenvalue weighted by atomic mass is 9.83. The second-order valence-corrected chi connectivity index (χ2v) is 10.2. The number of aryl methyl sites for hydroxylation is 4. The molecule has 0 aromatic heterocycles. The van der Waals surface area contributed by atoms with Crippen molar-refractivity contribution in [2.45, 2.75) is 25.7 Å². The SMILES string of the molecule is Brc1ccc(-c2ccc(Br)cc2-c2ccc3c(c2)CC3)c(-c2ccc3c(c2)CC3)c1. The van der Waals surface area contributed by atoms with E-state index in [0.29, 0.717) is 0 Å². The molecule has 6 rings (SSSR count). The summed E-state index contributed by atoms with van der Waals surface area (Å²) in [6.07, 6.45) is 4.84. The van der Waals surface area contributed by atoms with Gasteiger partial charge >= 0.3 is 0 Å². The first-order chi connectivity index (χ1) is 14.7. The average molecular weight is 516 g/mol. The third-order valence-electron chi connectivity index (χ3n) is 6.62. The molecule has 0 N–H and O–H groups in total. The monoisotopic (exact) mass is 514 g/mol. The summed E-state index contributed by atoms with van der Waals surface area (Å²) in [6, 6.07) is 27.3. The Hall–Kier alpha value is -2.16. The van der Waals surface area contributed by atoms with Gasteiger partial charge in [0.05, 0.1) is 0 Å². The number of fused-ring (bicyclic) bond motifs is 2. The Morgan fingerprint density at radius 1 is 0.400 bits per heavy atom. The van der Waals surface area contributed by atoms with Crippen LogP contribution in [0.15, 0.2) is 81.7 Å². The van der Waals surface area contributed by atoms with E-state index in [2.05, 4.69) is 105 Å². The predicted molar refractivity (Wildman–Crippen MR) is 133 cm³/mol. The minimum atomic E-state index is 1.11. The van der Waals surface area contributed by atoms with Gasteiger partial charge in [-0.3, -0.25) is 0 Å². The van der Waals surface area contributed by atoms with Crippen molar-refractivity contribution in [3.63, 3.8) is 0 Å². The van der Waals surface area contributed by atoms with Gasteiger partial charge in [-0.25, -0.2) is 0 Å². The van der Waals surface area contributed by atoms with Crippen LogP contribution in [-0.2, 0) is 25.7 Å². The Labute approximate surface area is 194 Å². The van der Waals surface area contributed by atoms with E-state index < -0.39 is 0 Å². The van der Waals surface area contributed by atoms with Gasteiger partial charge in [-0.05, 0) is 106 Å². The van der Waals surface area contributed by atoms with Gasteiger partial charge in [-0.2, -0.15) is 0 Å². The van der Waals surface area contributed by atoms with E-state index in [1.54, 1.807) is 0 Å². The first-order valence-corrected chi connectivity index (χ1v) is 12.1. The molecule has 2 heteroatoms. The molecule has 0 spiro atoms. The molecule has 0 unspecified atom stereocenters. The summed E-state index contributed by atoms with van der Waals surface area (Å²) in [5.74, 6) is 0. The van der Waals surface area contributed by atoms with Crippen LogP contribution in [0.1, 0.15) is 22.3 Å². The molecule has 0 radical (unpaired) electrons. The van der Waals surface area contributed by atoms with Crippen LogP contribution in [0.5, 0.6) is 0 Å². The molecule has 0 nitrogen and oxygen atoms in total. The Balaban J connectivity index is 1.56. The summed E-state index contributed by atoms with van der Waals surface area (Å²) in [4.78, 5) is 0. The fraction of sp³-hybridized carbons (Fsp3) is 0.143. The van der Waals surface area contributed by atoms with Crippen molar-refractivity contribution in [1.82, 2.24) is 0 Å². The topological polar surface area (TPSA) is 0 Å². The van der Waals surface area contributed by atoms with Crippen LogP contribution in [0.3, 0.4) is 0 Å². The lowest BCUT2D eigenvalue weighted by Crippen LogP contribution is -2.08. The second-order valence-electron chi connectivity index (χ2n) is 8.35. The van der Waals surface area contributed by atoms with Crippen LogP contribution in [0.2, 0.25) is 0 Å². The standard InChI is InChI=1S/C28H20Br2/c29-23-9-11-25(27(15-23)21-7-3-17-1-5-19(17)13-21)26-12-10-24(30)16-28(26)22-8-4-18-2-6-20(18)14-22/h3-4,7-16H,1-2,5-6H2. The highest BCUT2D eigenvalue weighted by molar-refractivity contribution is 9.10. The summed E-state index contributed by atoms with van der Waals surface area (Å²) >= 11 is 7.41. The van der Waals surface area contributed by atoms with Crippen molar-refractivity contribution in [1.29, 1.82) is 0 Å². The molecule has 0 aliphatic heterocycles. The number of hydrogen-bond acceptors (Lipinski definition) is 0. The maximum atomic E-state index is 3.71. The molecule has 30 heavy (non-hydrogen) atoms. The van der Waals surface area contributed by atoms with Crippen LogP contribution in [-0.4, -0.2) is 0 Å². The summed E-state index contributed by atoms with van der Waals surface area (Å²) < 4.78 is 2.23. The molecular formula is C28H20Br2. The number of benzene rings is 4. The molecule has 0 saturated carbocycles. The van der Waals surface area contributed by atoms with Gasteiger partial charge in [0.25, 0.3) is 0 Å². The zero-order chi connectivity index (χ0) is 20.2. The van der Waals surface area contributed by atoms with E-state index in [4.69, 9.17) is 0 Å². The van der Waals surface area contributed by atoms with Gasteiger partial charge in [-0.15, -0.1) is 0 Å². The van der Waals surface area contributed by atoms with Crippen molar-refractivity contribution in [3.05, 3.63) is 104 Å². The van der Waals surface area contributed by atoms with E-state index in [1.807, 2.05) is 0 Å². The van der Waals surface area contributed by atoms with Crippen molar-refractivity contribution >= 4 is 31.9 Å². The molecule has 2 aliphatic rings. The quantitative estimate of drug-likeness (QED) is 0.257. The van der Waals surface area contributed by atoms with Crippen LogP contribution in [0.4, 0.5) is 0 Å². The molecule has 0 heterocycles. The number of hydrogen-bond donors (Lipinski definition) is 0. The summed E-state index contributed by atoms with van der Waals surface area (Å²) in [7, 11) is 0. The van der Waals surface area contributed by atoms with Crippen LogP contribution in [0, 0.1) is 0 Å². The molecule has 146 valence electrons. The molecule has 0 amide bonds. The van der Waals surface area contributed by atoms with E-state index in [-0.39, 0.29) is 0 Å². The highest BCUT2D eigenvalue weighted by atomic mass is 79.9. The van der Waals surface area contributed by atoms with Gasteiger partial charge < -0.3 is 0 Å². The largest absolute Gasteiger partial charge is 0.0581 e. The molecule has 4 aromatic rings. The molecule has 0 atom stereocenters. The third-order valence-corrected chi connectivity index (χ3v) is 7.60.